The molecule has 2 heterocycles. The fraction of sp³-hybridized carbons (Fsp3) is 0. The Morgan fingerprint density at radius 1 is 1.26 bits per heavy atom. The number of hydrogen-bond donors (Lipinski definition) is 2. The van der Waals surface area contributed by atoms with Crippen LogP contribution in [0.5, 0.6) is 5.75 Å². The van der Waals surface area contributed by atoms with Crippen molar-refractivity contribution in [3.8, 4) is 11.4 Å². The van der Waals surface area contributed by atoms with E-state index in [0.717, 1.165) is 10.8 Å². The number of nitrogens with zero attached hydrogens (tertiary/aromatic N) is 3. The van der Waals surface area contributed by atoms with Gasteiger partial charge in [0.15, 0.2) is 5.75 Å². The van der Waals surface area contributed by atoms with Crippen molar-refractivity contribution < 1.29 is 15.0 Å². The average molecular weight is 255 g/mol. The zero-order valence-electron chi connectivity index (χ0n) is 9.69. The van der Waals surface area contributed by atoms with E-state index in [1.54, 1.807) is 18.5 Å². The van der Waals surface area contributed by atoms with Gasteiger partial charge < -0.3 is 10.2 Å². The molecule has 0 saturated carbocycles. The van der Waals surface area contributed by atoms with Crippen LogP contribution in [0.4, 0.5) is 0 Å². The Kier molecular flexibility index (Phi) is 2.42. The van der Waals surface area contributed by atoms with Crippen LogP contribution >= 0.6 is 0 Å². The smallest absolute Gasteiger partial charge is 0.360 e. The van der Waals surface area contributed by atoms with Crippen molar-refractivity contribution in [2.75, 3.05) is 0 Å². The maximum Gasteiger partial charge on any atom is 0.360 e. The van der Waals surface area contributed by atoms with Crippen molar-refractivity contribution in [2.45, 2.75) is 0 Å². The van der Waals surface area contributed by atoms with E-state index < -0.39 is 5.97 Å². The molecule has 94 valence electrons. The van der Waals surface area contributed by atoms with E-state index in [2.05, 4.69) is 10.1 Å². The minimum Gasteiger partial charge on any atom is -0.504 e. The Labute approximate surface area is 107 Å². The number of carbonyl (C=O) groups is 1. The predicted molar refractivity (Wildman–Crippen MR) is 67.5 cm³/mol. The highest BCUT2D eigenvalue weighted by molar-refractivity contribution is 5.91. The molecule has 3 aromatic rings. The Balaban J connectivity index is 2.25. The van der Waals surface area contributed by atoms with Crippen molar-refractivity contribution in [2.24, 2.45) is 0 Å². The number of benzene rings is 1. The first-order valence-corrected chi connectivity index (χ1v) is 5.52. The number of carboxylic acids is 1. The second kappa shape index (κ2) is 4.09. The van der Waals surface area contributed by atoms with Gasteiger partial charge in [-0.2, -0.15) is 5.10 Å². The summed E-state index contributed by atoms with van der Waals surface area (Å²) in [5.41, 5.74) is 0.314. The van der Waals surface area contributed by atoms with E-state index in [-0.39, 0.29) is 11.4 Å². The highest BCUT2D eigenvalue weighted by atomic mass is 16.4. The van der Waals surface area contributed by atoms with Crippen LogP contribution in [0, 0.1) is 0 Å². The number of aromatic carboxylic acids is 1. The molecule has 1 aromatic carbocycles. The van der Waals surface area contributed by atoms with Crippen LogP contribution in [-0.4, -0.2) is 30.9 Å². The molecule has 0 atom stereocenters. The normalized spacial score (nSPS) is 10.7. The molecule has 0 unspecified atom stereocenters. The molecule has 2 N–H and O–H groups in total. The van der Waals surface area contributed by atoms with Crippen molar-refractivity contribution in [3.05, 3.63) is 48.5 Å². The standard InChI is InChI=1S/C13H9N3O3/c17-11-7-16(15-12(11)13(18)19)10-3-1-2-8-6-14-5-4-9(8)10/h1-7,17H,(H,18,19). The lowest BCUT2D eigenvalue weighted by Gasteiger charge is -2.05. The molecule has 6 nitrogen and oxygen atoms in total. The summed E-state index contributed by atoms with van der Waals surface area (Å²) in [6, 6.07) is 7.32. The molecule has 0 amide bonds. The summed E-state index contributed by atoms with van der Waals surface area (Å²) >= 11 is 0. The summed E-state index contributed by atoms with van der Waals surface area (Å²) in [5, 5.41) is 24.1. The zero-order valence-corrected chi connectivity index (χ0v) is 9.69. The monoisotopic (exact) mass is 255 g/mol. The molecule has 6 heteroatoms. The predicted octanol–water partition coefficient (Wildman–Crippen LogP) is 1.82. The van der Waals surface area contributed by atoms with Crippen molar-refractivity contribution in [3.63, 3.8) is 0 Å². The topological polar surface area (TPSA) is 88.2 Å². The maximum absolute atomic E-state index is 10.9. The van der Waals surface area contributed by atoms with E-state index in [1.165, 1.54) is 10.9 Å². The van der Waals surface area contributed by atoms with Gasteiger partial charge in [0.2, 0.25) is 5.69 Å². The molecule has 0 aliphatic rings. The number of carboxylic acid groups (broad SMARTS) is 1. The summed E-state index contributed by atoms with van der Waals surface area (Å²) in [6.45, 7) is 0. The van der Waals surface area contributed by atoms with E-state index in [1.807, 2.05) is 18.2 Å². The third kappa shape index (κ3) is 1.79. The van der Waals surface area contributed by atoms with E-state index in [0.29, 0.717) is 5.69 Å². The lowest BCUT2D eigenvalue weighted by Crippen LogP contribution is -2.01. The third-order valence-electron chi connectivity index (χ3n) is 2.80. The first-order valence-electron chi connectivity index (χ1n) is 5.52. The Morgan fingerprint density at radius 2 is 2.11 bits per heavy atom. The van der Waals surface area contributed by atoms with Crippen LogP contribution in [-0.2, 0) is 0 Å². The number of aromatic hydroxyl groups is 1. The summed E-state index contributed by atoms with van der Waals surface area (Å²) < 4.78 is 1.35. The molecular formula is C13H9N3O3. The molecular weight excluding hydrogens is 246 g/mol. The SMILES string of the molecule is O=C(O)c1nn(-c2cccc3cnccc23)cc1O. The van der Waals surface area contributed by atoms with Crippen molar-refractivity contribution >= 4 is 16.7 Å². The van der Waals surface area contributed by atoms with E-state index in [4.69, 9.17) is 5.11 Å². The van der Waals surface area contributed by atoms with Gasteiger partial charge in [0.05, 0.1) is 11.9 Å². The Bertz CT molecular complexity index is 774. The van der Waals surface area contributed by atoms with Crippen LogP contribution in [0.2, 0.25) is 0 Å². The minimum absolute atomic E-state index is 0.362. The van der Waals surface area contributed by atoms with E-state index in [9.17, 15) is 9.90 Å². The summed E-state index contributed by atoms with van der Waals surface area (Å²) in [6.07, 6.45) is 4.63. The molecule has 19 heavy (non-hydrogen) atoms. The average Bonchev–Trinajstić information content (AvgIpc) is 2.80. The largest absolute Gasteiger partial charge is 0.504 e. The van der Waals surface area contributed by atoms with Gasteiger partial charge in [0.25, 0.3) is 0 Å². The van der Waals surface area contributed by atoms with Crippen LogP contribution in [0.3, 0.4) is 0 Å². The first kappa shape index (κ1) is 11.2. The summed E-state index contributed by atoms with van der Waals surface area (Å²) in [7, 11) is 0. The Hall–Kier alpha value is -2.89. The number of fused-ring (bicyclic) bond motifs is 1. The molecule has 2 aromatic heterocycles. The van der Waals surface area contributed by atoms with Gasteiger partial charge in [-0.1, -0.05) is 12.1 Å². The summed E-state index contributed by atoms with van der Waals surface area (Å²) in [5.74, 6) is -1.63. The first-order chi connectivity index (χ1) is 9.16. The minimum atomic E-state index is -1.27. The number of aromatic nitrogens is 3. The van der Waals surface area contributed by atoms with Gasteiger partial charge in [-0.25, -0.2) is 9.48 Å². The third-order valence-corrected chi connectivity index (χ3v) is 2.80. The molecule has 0 aliphatic carbocycles. The highest BCUT2D eigenvalue weighted by Crippen LogP contribution is 2.24. The lowest BCUT2D eigenvalue weighted by molar-refractivity contribution is 0.0687. The summed E-state index contributed by atoms with van der Waals surface area (Å²) in [4.78, 5) is 14.9. The van der Waals surface area contributed by atoms with Crippen LogP contribution in [0.15, 0.2) is 42.9 Å². The lowest BCUT2D eigenvalue weighted by atomic mass is 10.1. The van der Waals surface area contributed by atoms with Gasteiger partial charge in [0.1, 0.15) is 0 Å². The molecule has 0 saturated heterocycles. The molecule has 0 aliphatic heterocycles. The molecule has 0 bridgehead atoms. The van der Waals surface area contributed by atoms with Gasteiger partial charge in [0, 0.05) is 23.2 Å². The second-order valence-electron chi connectivity index (χ2n) is 3.99. The quantitative estimate of drug-likeness (QED) is 0.729. The molecule has 3 rings (SSSR count). The molecule has 0 spiro atoms. The van der Waals surface area contributed by atoms with Gasteiger partial charge in [-0.05, 0) is 12.1 Å². The van der Waals surface area contributed by atoms with Crippen LogP contribution in [0.1, 0.15) is 10.5 Å². The number of hydrogen-bond acceptors (Lipinski definition) is 4. The van der Waals surface area contributed by atoms with Gasteiger partial charge in [-0.3, -0.25) is 4.98 Å². The molecule has 0 radical (unpaired) electrons. The number of pyridine rings is 1. The highest BCUT2D eigenvalue weighted by Gasteiger charge is 2.16. The fourth-order valence-electron chi connectivity index (χ4n) is 1.95. The van der Waals surface area contributed by atoms with Crippen LogP contribution < -0.4 is 0 Å². The van der Waals surface area contributed by atoms with Gasteiger partial charge in [-0.15, -0.1) is 0 Å². The van der Waals surface area contributed by atoms with Crippen molar-refractivity contribution in [1.29, 1.82) is 0 Å². The van der Waals surface area contributed by atoms with Crippen LogP contribution in [0.25, 0.3) is 16.5 Å². The van der Waals surface area contributed by atoms with E-state index >= 15 is 0 Å². The van der Waals surface area contributed by atoms with Gasteiger partial charge >= 0.3 is 5.97 Å². The maximum atomic E-state index is 10.9. The second-order valence-corrected chi connectivity index (χ2v) is 3.99. The van der Waals surface area contributed by atoms with Crippen molar-refractivity contribution in [1.82, 2.24) is 14.8 Å². The fourth-order valence-corrected chi connectivity index (χ4v) is 1.95. The number of rotatable bonds is 2. The Morgan fingerprint density at radius 3 is 2.84 bits per heavy atom. The zero-order chi connectivity index (χ0) is 13.4. The molecule has 0 fully saturated rings.